The van der Waals surface area contributed by atoms with Crippen LogP contribution in [0.1, 0.15) is 37.0 Å². The van der Waals surface area contributed by atoms with E-state index >= 15 is 0 Å². The molecule has 0 saturated heterocycles. The van der Waals surface area contributed by atoms with Gasteiger partial charge in [0, 0.05) is 5.69 Å². The first-order valence-corrected chi connectivity index (χ1v) is 9.00. The van der Waals surface area contributed by atoms with Crippen molar-refractivity contribution in [3.8, 4) is 10.8 Å². The van der Waals surface area contributed by atoms with Gasteiger partial charge in [-0.1, -0.05) is 38.0 Å². The third-order valence-electron chi connectivity index (χ3n) is 3.75. The van der Waals surface area contributed by atoms with Crippen LogP contribution in [0.4, 0.5) is 16.5 Å². The summed E-state index contributed by atoms with van der Waals surface area (Å²) in [6, 6.07) is 7.31. The predicted molar refractivity (Wildman–Crippen MR) is 103 cm³/mol. The zero-order chi connectivity index (χ0) is 18.9. The smallest absolute Gasteiger partial charge is 0.327 e. The van der Waals surface area contributed by atoms with Gasteiger partial charge in [0.1, 0.15) is 4.88 Å². The van der Waals surface area contributed by atoms with Gasteiger partial charge in [-0.2, -0.15) is 0 Å². The molecule has 0 fully saturated rings. The summed E-state index contributed by atoms with van der Waals surface area (Å²) in [6.07, 6.45) is 0. The number of hydrogen-bond donors (Lipinski definition) is 2. The van der Waals surface area contributed by atoms with Crippen molar-refractivity contribution in [3.05, 3.63) is 40.5 Å². The number of nitrogens with zero attached hydrogens (tertiary/aromatic N) is 3. The van der Waals surface area contributed by atoms with Crippen molar-refractivity contribution in [1.82, 2.24) is 15.2 Å². The van der Waals surface area contributed by atoms with Crippen LogP contribution in [0.25, 0.3) is 10.8 Å². The molecule has 0 spiro atoms. The lowest BCUT2D eigenvalue weighted by molar-refractivity contribution is 0.261. The van der Waals surface area contributed by atoms with E-state index in [0.29, 0.717) is 11.6 Å². The van der Waals surface area contributed by atoms with Crippen molar-refractivity contribution in [3.63, 3.8) is 0 Å². The van der Waals surface area contributed by atoms with Crippen LogP contribution in [-0.4, -0.2) is 21.2 Å². The lowest BCUT2D eigenvalue weighted by Crippen LogP contribution is -2.19. The maximum absolute atomic E-state index is 12.1. The molecule has 7 nitrogen and oxygen atoms in total. The molecular formula is C18H21N5O2S. The molecule has 0 unspecified atom stereocenters. The van der Waals surface area contributed by atoms with E-state index in [9.17, 15) is 4.79 Å². The Morgan fingerprint density at radius 3 is 2.35 bits per heavy atom. The fraction of sp³-hybridized carbons (Fsp3) is 0.333. The SMILES string of the molecule is Cc1nc(C)c(-c2nnc(NC(=O)Nc3ccc(C(C)(C)C)cc3)o2)s1. The summed E-state index contributed by atoms with van der Waals surface area (Å²) in [5.74, 6) is 0.345. The van der Waals surface area contributed by atoms with Crippen molar-refractivity contribution in [2.45, 2.75) is 40.0 Å². The summed E-state index contributed by atoms with van der Waals surface area (Å²) in [7, 11) is 0. The van der Waals surface area contributed by atoms with Gasteiger partial charge >= 0.3 is 12.0 Å². The highest BCUT2D eigenvalue weighted by Gasteiger charge is 2.17. The Hall–Kier alpha value is -2.74. The quantitative estimate of drug-likeness (QED) is 0.693. The molecule has 0 aliphatic heterocycles. The summed E-state index contributed by atoms with van der Waals surface area (Å²) >= 11 is 1.47. The third kappa shape index (κ3) is 4.08. The highest BCUT2D eigenvalue weighted by Crippen LogP contribution is 2.29. The minimum Gasteiger partial charge on any atom is -0.402 e. The summed E-state index contributed by atoms with van der Waals surface area (Å²) < 4.78 is 5.51. The minimum absolute atomic E-state index is 0.0364. The molecule has 0 saturated carbocycles. The van der Waals surface area contributed by atoms with Gasteiger partial charge in [-0.05, 0) is 37.0 Å². The van der Waals surface area contributed by atoms with Gasteiger partial charge < -0.3 is 9.73 Å². The Balaban J connectivity index is 1.65. The highest BCUT2D eigenvalue weighted by molar-refractivity contribution is 7.15. The topological polar surface area (TPSA) is 92.9 Å². The summed E-state index contributed by atoms with van der Waals surface area (Å²) in [5.41, 5.74) is 2.77. The van der Waals surface area contributed by atoms with Gasteiger partial charge in [-0.3, -0.25) is 5.32 Å². The number of urea groups is 1. The molecule has 0 atom stereocenters. The molecule has 2 heterocycles. The molecule has 0 aliphatic rings. The molecule has 2 amide bonds. The van der Waals surface area contributed by atoms with E-state index < -0.39 is 6.03 Å². The van der Waals surface area contributed by atoms with Crippen LogP contribution >= 0.6 is 11.3 Å². The van der Waals surface area contributed by atoms with Gasteiger partial charge in [0.2, 0.25) is 0 Å². The number of thiazole rings is 1. The average Bonchev–Trinajstić information content (AvgIpc) is 3.12. The fourth-order valence-corrected chi connectivity index (χ4v) is 3.25. The van der Waals surface area contributed by atoms with Crippen molar-refractivity contribution in [1.29, 1.82) is 0 Å². The average molecular weight is 371 g/mol. The minimum atomic E-state index is -0.444. The molecule has 2 N–H and O–H groups in total. The maximum atomic E-state index is 12.1. The lowest BCUT2D eigenvalue weighted by atomic mass is 9.87. The zero-order valence-electron chi connectivity index (χ0n) is 15.4. The molecule has 0 radical (unpaired) electrons. The molecule has 3 aromatic rings. The number of benzene rings is 1. The number of rotatable bonds is 3. The van der Waals surface area contributed by atoms with Crippen LogP contribution in [0.15, 0.2) is 28.7 Å². The number of carbonyl (C=O) groups is 1. The number of hydrogen-bond acceptors (Lipinski definition) is 6. The van der Waals surface area contributed by atoms with Crippen molar-refractivity contribution in [2.24, 2.45) is 0 Å². The van der Waals surface area contributed by atoms with Crippen LogP contribution in [0.3, 0.4) is 0 Å². The Morgan fingerprint density at radius 2 is 1.77 bits per heavy atom. The highest BCUT2D eigenvalue weighted by atomic mass is 32.1. The largest absolute Gasteiger partial charge is 0.402 e. The van der Waals surface area contributed by atoms with Crippen molar-refractivity contribution >= 4 is 29.1 Å². The second-order valence-electron chi connectivity index (χ2n) is 6.97. The summed E-state index contributed by atoms with van der Waals surface area (Å²) in [5, 5.41) is 14.0. The van der Waals surface area contributed by atoms with Crippen LogP contribution in [-0.2, 0) is 5.41 Å². The van der Waals surface area contributed by atoms with E-state index in [2.05, 4.69) is 46.6 Å². The Kier molecular flexibility index (Phi) is 4.78. The zero-order valence-corrected chi connectivity index (χ0v) is 16.2. The van der Waals surface area contributed by atoms with E-state index in [4.69, 9.17) is 4.42 Å². The van der Waals surface area contributed by atoms with Crippen molar-refractivity contribution in [2.75, 3.05) is 10.6 Å². The monoisotopic (exact) mass is 371 g/mol. The predicted octanol–water partition coefficient (Wildman–Crippen LogP) is 4.75. The number of anilines is 2. The van der Waals surface area contributed by atoms with Crippen molar-refractivity contribution < 1.29 is 9.21 Å². The first-order chi connectivity index (χ1) is 12.2. The Morgan fingerprint density at radius 1 is 1.08 bits per heavy atom. The van der Waals surface area contributed by atoms with Crippen LogP contribution in [0, 0.1) is 13.8 Å². The molecule has 3 rings (SSSR count). The third-order valence-corrected chi connectivity index (χ3v) is 4.81. The number of carbonyl (C=O) groups excluding carboxylic acids is 1. The molecule has 0 bridgehead atoms. The first kappa shape index (κ1) is 18.1. The van der Waals surface area contributed by atoms with Crippen LogP contribution in [0.2, 0.25) is 0 Å². The van der Waals surface area contributed by atoms with Gasteiger partial charge in [-0.15, -0.1) is 16.4 Å². The molecule has 2 aromatic heterocycles. The number of aromatic nitrogens is 3. The molecule has 0 aliphatic carbocycles. The molecule has 8 heteroatoms. The second kappa shape index (κ2) is 6.87. The van der Waals surface area contributed by atoms with E-state index in [1.165, 1.54) is 16.9 Å². The number of amides is 2. The van der Waals surface area contributed by atoms with Crippen LogP contribution < -0.4 is 10.6 Å². The van der Waals surface area contributed by atoms with Crippen LogP contribution in [0.5, 0.6) is 0 Å². The van der Waals surface area contributed by atoms with Gasteiger partial charge in [-0.25, -0.2) is 9.78 Å². The maximum Gasteiger partial charge on any atom is 0.327 e. The molecule has 136 valence electrons. The number of nitrogens with one attached hydrogen (secondary N) is 2. The summed E-state index contributed by atoms with van der Waals surface area (Å²) in [6.45, 7) is 10.2. The summed E-state index contributed by atoms with van der Waals surface area (Å²) in [4.78, 5) is 17.3. The normalized spacial score (nSPS) is 11.4. The Bertz CT molecular complexity index is 922. The lowest BCUT2D eigenvalue weighted by Gasteiger charge is -2.19. The Labute approximate surface area is 155 Å². The van der Waals surface area contributed by atoms with E-state index in [0.717, 1.165) is 15.6 Å². The van der Waals surface area contributed by atoms with Gasteiger partial charge in [0.15, 0.2) is 0 Å². The standard InChI is InChI=1S/C18H21N5O2S/c1-10-14(26-11(2)19-10)15-22-23-17(25-15)21-16(24)20-13-8-6-12(7-9-13)18(3,4)5/h6-9H,1-5H3,(H2,20,21,23,24). The molecular weight excluding hydrogens is 350 g/mol. The van der Waals surface area contributed by atoms with E-state index in [1.807, 2.05) is 38.1 Å². The fourth-order valence-electron chi connectivity index (χ4n) is 2.41. The van der Waals surface area contributed by atoms with E-state index in [-0.39, 0.29) is 11.4 Å². The van der Waals surface area contributed by atoms with E-state index in [1.54, 1.807) is 0 Å². The second-order valence-corrected chi connectivity index (χ2v) is 8.17. The number of aryl methyl sites for hydroxylation is 2. The molecule has 1 aromatic carbocycles. The van der Waals surface area contributed by atoms with Gasteiger partial charge in [0.05, 0.1) is 10.7 Å². The van der Waals surface area contributed by atoms with Gasteiger partial charge in [0.25, 0.3) is 5.89 Å². The molecule has 26 heavy (non-hydrogen) atoms. The first-order valence-electron chi connectivity index (χ1n) is 8.19.